The fourth-order valence-corrected chi connectivity index (χ4v) is 4.97. The molecule has 0 unspecified atom stereocenters. The van der Waals surface area contributed by atoms with Crippen molar-refractivity contribution in [3.05, 3.63) is 117 Å². The molecule has 55 heavy (non-hydrogen) atoms. The Hall–Kier alpha value is -6.75. The van der Waals surface area contributed by atoms with Gasteiger partial charge in [-0.05, 0) is 45.7 Å². The van der Waals surface area contributed by atoms with Gasteiger partial charge in [-0.15, -0.1) is 4.73 Å². The highest BCUT2D eigenvalue weighted by atomic mass is 16.7. The summed E-state index contributed by atoms with van der Waals surface area (Å²) in [5.41, 5.74) is 1.02. The Morgan fingerprint density at radius 2 is 1.25 bits per heavy atom. The third-order valence-electron chi connectivity index (χ3n) is 7.48. The lowest BCUT2D eigenvalue weighted by Crippen LogP contribution is -2.35. The number of hydrogen-bond acceptors (Lipinski definition) is 15. The second-order valence-electron chi connectivity index (χ2n) is 11.3. The van der Waals surface area contributed by atoms with Crippen molar-refractivity contribution in [3.63, 3.8) is 0 Å². The molecule has 0 fully saturated rings. The van der Waals surface area contributed by atoms with E-state index in [4.69, 9.17) is 23.9 Å². The number of benzene rings is 2. The summed E-state index contributed by atoms with van der Waals surface area (Å²) in [6.45, 7) is 8.54. The molecule has 1 N–H and O–H groups in total. The van der Waals surface area contributed by atoms with Gasteiger partial charge in [0.2, 0.25) is 0 Å². The smallest absolute Gasteiger partial charge is 0.347 e. The molecule has 0 saturated carbocycles. The monoisotopic (exact) mass is 756 g/mol. The van der Waals surface area contributed by atoms with Gasteiger partial charge in [-0.2, -0.15) is 5.06 Å². The van der Waals surface area contributed by atoms with Crippen LogP contribution < -0.4 is 15.5 Å². The van der Waals surface area contributed by atoms with Crippen molar-refractivity contribution in [2.45, 2.75) is 54.3 Å². The standard InChI is InChI=1S/C20H23N3O6.C18H17N3O5/c1-4-27-17(25)11-16(24)23(29-12-15-9-7-6-8-10-15)19-18(20(26)28-5-2)14(3)21-13-22-19;1-3-25-18(24)14-15(22)13-11(2)19-10-20-16(13)21(17(14)23)26-9-12-7-5-4-6-8-12/h6-10,13H,4-5,11-12H2,1-3H3;4-8,10,22H,3,9H2,1-2H3. The van der Waals surface area contributed by atoms with E-state index < -0.39 is 47.1 Å². The molecule has 0 atom stereocenters. The summed E-state index contributed by atoms with van der Waals surface area (Å²) >= 11 is 0. The van der Waals surface area contributed by atoms with Crippen LogP contribution in [0.15, 0.2) is 78.1 Å². The Bertz CT molecular complexity index is 2180. The van der Waals surface area contributed by atoms with Crippen molar-refractivity contribution in [1.29, 1.82) is 0 Å². The first-order chi connectivity index (χ1) is 26.5. The number of aromatic nitrogens is 5. The second kappa shape index (κ2) is 19.9. The Labute approximate surface area is 315 Å². The fraction of sp³-hybridized carbons (Fsp3) is 0.289. The maximum Gasteiger partial charge on any atom is 0.347 e. The number of fused-ring (bicyclic) bond motifs is 1. The Morgan fingerprint density at radius 3 is 1.85 bits per heavy atom. The first kappa shape index (κ1) is 41.0. The number of esters is 3. The van der Waals surface area contributed by atoms with Crippen LogP contribution in [-0.2, 0) is 41.9 Å². The minimum Gasteiger partial charge on any atom is -0.506 e. The van der Waals surface area contributed by atoms with Gasteiger partial charge in [0.25, 0.3) is 5.91 Å². The number of pyridine rings is 1. The molecule has 3 heterocycles. The van der Waals surface area contributed by atoms with Gasteiger partial charge < -0.3 is 24.2 Å². The number of rotatable bonds is 14. The highest BCUT2D eigenvalue weighted by molar-refractivity contribution is 6.05. The third kappa shape index (κ3) is 10.4. The molecular formula is C38H40N6O11. The van der Waals surface area contributed by atoms with Crippen LogP contribution in [0, 0.1) is 13.8 Å². The van der Waals surface area contributed by atoms with Crippen molar-refractivity contribution >= 4 is 40.7 Å². The van der Waals surface area contributed by atoms with Crippen molar-refractivity contribution in [3.8, 4) is 5.75 Å². The molecule has 0 saturated heterocycles. The summed E-state index contributed by atoms with van der Waals surface area (Å²) in [4.78, 5) is 89.3. The summed E-state index contributed by atoms with van der Waals surface area (Å²) in [7, 11) is 0. The van der Waals surface area contributed by atoms with Gasteiger partial charge in [0.05, 0.1) is 36.6 Å². The molecule has 17 nitrogen and oxygen atoms in total. The molecule has 0 spiro atoms. The normalized spacial score (nSPS) is 10.5. The number of carbonyl (C=O) groups is 4. The number of hydrogen-bond donors (Lipinski definition) is 1. The number of hydroxylamine groups is 1. The highest BCUT2D eigenvalue weighted by Crippen LogP contribution is 2.27. The number of anilines is 1. The average molecular weight is 757 g/mol. The topological polar surface area (TPSA) is 211 Å². The second-order valence-corrected chi connectivity index (χ2v) is 11.3. The number of carbonyl (C=O) groups excluding carboxylic acids is 4. The minimum absolute atomic E-state index is 0.0142. The molecule has 0 aliphatic rings. The molecule has 0 aliphatic heterocycles. The van der Waals surface area contributed by atoms with Crippen LogP contribution in [0.2, 0.25) is 0 Å². The zero-order valence-corrected chi connectivity index (χ0v) is 30.9. The van der Waals surface area contributed by atoms with Gasteiger partial charge >= 0.3 is 23.5 Å². The quantitative estimate of drug-likeness (QED) is 0.0735. The molecule has 1 amide bonds. The lowest BCUT2D eigenvalue weighted by atomic mass is 10.1. The van der Waals surface area contributed by atoms with Crippen molar-refractivity contribution in [2.24, 2.45) is 0 Å². The van der Waals surface area contributed by atoms with Crippen LogP contribution in [0.1, 0.15) is 70.4 Å². The third-order valence-corrected chi connectivity index (χ3v) is 7.48. The van der Waals surface area contributed by atoms with Crippen LogP contribution in [0.5, 0.6) is 5.75 Å². The number of nitrogens with zero attached hydrogens (tertiary/aromatic N) is 6. The maximum absolute atomic E-state index is 12.8. The van der Waals surface area contributed by atoms with Crippen LogP contribution in [-0.4, -0.2) is 73.4 Å². The SMILES string of the molecule is CCOC(=O)CC(=O)N(OCc1ccccc1)c1ncnc(C)c1C(=O)OCC.CCOC(=O)c1c(O)c2c(C)ncnc2n(OCc2ccccc2)c1=O. The van der Waals surface area contributed by atoms with Gasteiger partial charge in [0, 0.05) is 0 Å². The van der Waals surface area contributed by atoms with E-state index in [0.29, 0.717) is 11.4 Å². The maximum atomic E-state index is 12.8. The van der Waals surface area contributed by atoms with E-state index in [1.165, 1.54) is 12.7 Å². The predicted octanol–water partition coefficient (Wildman–Crippen LogP) is 3.99. The summed E-state index contributed by atoms with van der Waals surface area (Å²) in [6, 6.07) is 18.3. The summed E-state index contributed by atoms with van der Waals surface area (Å²) < 4.78 is 15.7. The lowest BCUT2D eigenvalue weighted by Gasteiger charge is -2.23. The number of aryl methyl sites for hydroxylation is 2. The highest BCUT2D eigenvalue weighted by Gasteiger charge is 2.30. The van der Waals surface area contributed by atoms with Crippen LogP contribution in [0.3, 0.4) is 0 Å². The van der Waals surface area contributed by atoms with E-state index in [-0.39, 0.29) is 55.4 Å². The van der Waals surface area contributed by atoms with E-state index >= 15 is 0 Å². The van der Waals surface area contributed by atoms with Crippen molar-refractivity contribution in [1.82, 2.24) is 24.7 Å². The van der Waals surface area contributed by atoms with Crippen LogP contribution in [0.4, 0.5) is 5.82 Å². The zero-order valence-electron chi connectivity index (χ0n) is 30.9. The molecule has 17 heteroatoms. The van der Waals surface area contributed by atoms with E-state index in [1.807, 2.05) is 60.7 Å². The summed E-state index contributed by atoms with van der Waals surface area (Å²) in [6.07, 6.45) is 1.88. The first-order valence-electron chi connectivity index (χ1n) is 17.1. The number of amides is 1. The fourth-order valence-electron chi connectivity index (χ4n) is 4.97. The Balaban J connectivity index is 0.000000246. The largest absolute Gasteiger partial charge is 0.506 e. The molecule has 0 bridgehead atoms. The molecule has 0 radical (unpaired) electrons. The molecule has 288 valence electrons. The van der Waals surface area contributed by atoms with E-state index in [0.717, 1.165) is 20.9 Å². The Morgan fingerprint density at radius 1 is 0.709 bits per heavy atom. The summed E-state index contributed by atoms with van der Waals surface area (Å²) in [5.74, 6) is -3.69. The predicted molar refractivity (Wildman–Crippen MR) is 196 cm³/mol. The van der Waals surface area contributed by atoms with E-state index in [9.17, 15) is 29.1 Å². The molecule has 0 aliphatic carbocycles. The zero-order chi connectivity index (χ0) is 39.9. The summed E-state index contributed by atoms with van der Waals surface area (Å²) in [5, 5.41) is 11.4. The number of aromatic hydroxyl groups is 1. The molecular weight excluding hydrogens is 716 g/mol. The molecule has 5 aromatic rings. The number of ether oxygens (including phenoxy) is 3. The molecule has 5 rings (SSSR count). The van der Waals surface area contributed by atoms with Gasteiger partial charge in [0.1, 0.15) is 43.6 Å². The first-order valence-corrected chi connectivity index (χ1v) is 17.1. The molecule has 2 aromatic carbocycles. The van der Waals surface area contributed by atoms with Crippen LogP contribution >= 0.6 is 0 Å². The van der Waals surface area contributed by atoms with E-state index in [1.54, 1.807) is 34.6 Å². The van der Waals surface area contributed by atoms with Crippen molar-refractivity contribution in [2.75, 3.05) is 24.9 Å². The van der Waals surface area contributed by atoms with Gasteiger partial charge in [-0.1, -0.05) is 60.7 Å². The van der Waals surface area contributed by atoms with Gasteiger partial charge in [-0.3, -0.25) is 19.2 Å². The van der Waals surface area contributed by atoms with Gasteiger partial charge in [0.15, 0.2) is 17.0 Å². The van der Waals surface area contributed by atoms with E-state index in [2.05, 4.69) is 19.9 Å². The molecule has 3 aromatic heterocycles. The minimum atomic E-state index is -0.933. The lowest BCUT2D eigenvalue weighted by molar-refractivity contribution is -0.147. The van der Waals surface area contributed by atoms with Crippen molar-refractivity contribution < 1.29 is 48.2 Å². The van der Waals surface area contributed by atoms with Gasteiger partial charge in [-0.25, -0.2) is 29.5 Å². The average Bonchev–Trinajstić information content (AvgIpc) is 3.16. The Kier molecular flexibility index (Phi) is 14.8. The van der Waals surface area contributed by atoms with Crippen LogP contribution in [0.25, 0.3) is 11.0 Å².